The van der Waals surface area contributed by atoms with Crippen LogP contribution in [-0.2, 0) is 9.59 Å². The molecule has 4 heteroatoms. The normalized spacial score (nSPS) is 16.5. The van der Waals surface area contributed by atoms with Crippen LogP contribution in [0.5, 0.6) is 0 Å². The van der Waals surface area contributed by atoms with Crippen molar-refractivity contribution >= 4 is 17.5 Å². The molecule has 4 nitrogen and oxygen atoms in total. The zero-order chi connectivity index (χ0) is 15.4. The van der Waals surface area contributed by atoms with E-state index in [0.717, 1.165) is 42.5 Å². The minimum Gasteiger partial charge on any atom is -0.344 e. The maximum absolute atomic E-state index is 12.5. The number of rotatable bonds is 4. The van der Waals surface area contributed by atoms with Crippen molar-refractivity contribution in [3.05, 3.63) is 29.3 Å². The Balaban J connectivity index is 2.11. The highest BCUT2D eigenvalue weighted by atomic mass is 16.2. The van der Waals surface area contributed by atoms with Crippen molar-refractivity contribution in [1.82, 2.24) is 5.32 Å². The number of nitrogens with one attached hydrogen (secondary N) is 2. The molecule has 114 valence electrons. The van der Waals surface area contributed by atoms with Crippen molar-refractivity contribution in [2.75, 3.05) is 5.32 Å². The van der Waals surface area contributed by atoms with Gasteiger partial charge in [0.05, 0.1) is 0 Å². The number of hydrogen-bond acceptors (Lipinski definition) is 2. The minimum atomic E-state index is -0.425. The molecular formula is C17H24N2O2. The highest BCUT2D eigenvalue weighted by Gasteiger charge is 2.31. The summed E-state index contributed by atoms with van der Waals surface area (Å²) >= 11 is 0. The fourth-order valence-electron chi connectivity index (χ4n) is 3.17. The lowest BCUT2D eigenvalue weighted by atomic mass is 9.97. The molecule has 0 aromatic heterocycles. The topological polar surface area (TPSA) is 58.2 Å². The number of carbonyl (C=O) groups is 2. The molecule has 0 aliphatic heterocycles. The van der Waals surface area contributed by atoms with Crippen molar-refractivity contribution in [2.24, 2.45) is 5.92 Å². The predicted octanol–water partition coefficient (Wildman–Crippen LogP) is 2.94. The first kappa shape index (κ1) is 15.5. The summed E-state index contributed by atoms with van der Waals surface area (Å²) in [5.74, 6) is -0.00983. The third-order valence-corrected chi connectivity index (χ3v) is 4.00. The molecule has 21 heavy (non-hydrogen) atoms. The van der Waals surface area contributed by atoms with E-state index in [1.807, 2.05) is 26.0 Å². The van der Waals surface area contributed by atoms with Crippen LogP contribution in [0.4, 0.5) is 5.69 Å². The average molecular weight is 288 g/mol. The van der Waals surface area contributed by atoms with E-state index >= 15 is 0 Å². The van der Waals surface area contributed by atoms with Gasteiger partial charge in [-0.1, -0.05) is 18.9 Å². The number of hydrogen-bond donors (Lipinski definition) is 2. The summed E-state index contributed by atoms with van der Waals surface area (Å²) in [7, 11) is 0. The van der Waals surface area contributed by atoms with E-state index in [2.05, 4.69) is 16.7 Å². The molecule has 2 amide bonds. The van der Waals surface area contributed by atoms with Crippen LogP contribution in [0, 0.1) is 19.8 Å². The van der Waals surface area contributed by atoms with Crippen LogP contribution in [0.15, 0.2) is 18.2 Å². The van der Waals surface area contributed by atoms with E-state index < -0.39 is 6.04 Å². The Labute approximate surface area is 126 Å². The molecule has 1 atom stereocenters. The lowest BCUT2D eigenvalue weighted by molar-refractivity contribution is -0.126. The summed E-state index contributed by atoms with van der Waals surface area (Å²) in [6.07, 6.45) is 4.28. The standard InChI is InChI=1S/C17H24N2O2/c1-11-8-12(2)10-15(9-11)19-17(21)16(18-13(3)20)14-6-4-5-7-14/h8-10,14,16H,4-7H2,1-3H3,(H,18,20)(H,19,21). The predicted molar refractivity (Wildman–Crippen MR) is 84.1 cm³/mol. The second kappa shape index (κ2) is 6.74. The van der Waals surface area contributed by atoms with E-state index in [1.54, 1.807) is 0 Å². The van der Waals surface area contributed by atoms with Gasteiger partial charge in [-0.05, 0) is 55.9 Å². The number of benzene rings is 1. The van der Waals surface area contributed by atoms with Gasteiger partial charge < -0.3 is 10.6 Å². The number of aryl methyl sites for hydroxylation is 2. The smallest absolute Gasteiger partial charge is 0.247 e. The molecule has 2 N–H and O–H groups in total. The molecule has 0 bridgehead atoms. The maximum Gasteiger partial charge on any atom is 0.247 e. The Kier molecular flexibility index (Phi) is 4.99. The van der Waals surface area contributed by atoms with Gasteiger partial charge in [0, 0.05) is 12.6 Å². The Bertz CT molecular complexity index is 513. The summed E-state index contributed by atoms with van der Waals surface area (Å²) in [4.78, 5) is 23.9. The molecule has 0 radical (unpaired) electrons. The molecule has 0 saturated heterocycles. The minimum absolute atomic E-state index is 0.109. The molecule has 1 aliphatic rings. The number of carbonyl (C=O) groups excluding carboxylic acids is 2. The summed E-state index contributed by atoms with van der Waals surface area (Å²) in [5, 5.41) is 5.77. The van der Waals surface area contributed by atoms with Crippen molar-refractivity contribution in [3.8, 4) is 0 Å². The van der Waals surface area contributed by atoms with Crippen molar-refractivity contribution in [3.63, 3.8) is 0 Å². The van der Waals surface area contributed by atoms with Gasteiger partial charge in [-0.15, -0.1) is 0 Å². The summed E-state index contributed by atoms with van der Waals surface area (Å²) < 4.78 is 0. The van der Waals surface area contributed by atoms with Crippen molar-refractivity contribution < 1.29 is 9.59 Å². The van der Waals surface area contributed by atoms with Crippen LogP contribution in [0.2, 0.25) is 0 Å². The fourth-order valence-corrected chi connectivity index (χ4v) is 3.17. The first-order chi connectivity index (χ1) is 9.95. The largest absolute Gasteiger partial charge is 0.344 e. The fraction of sp³-hybridized carbons (Fsp3) is 0.529. The third-order valence-electron chi connectivity index (χ3n) is 4.00. The molecular weight excluding hydrogens is 264 g/mol. The van der Waals surface area contributed by atoms with E-state index in [-0.39, 0.29) is 17.7 Å². The Morgan fingerprint density at radius 2 is 1.67 bits per heavy atom. The summed E-state index contributed by atoms with van der Waals surface area (Å²) in [6.45, 7) is 5.47. The third kappa shape index (κ3) is 4.31. The lowest BCUT2D eigenvalue weighted by Gasteiger charge is -2.23. The quantitative estimate of drug-likeness (QED) is 0.895. The van der Waals surface area contributed by atoms with Gasteiger partial charge in [0.25, 0.3) is 0 Å². The second-order valence-corrected chi connectivity index (χ2v) is 6.09. The lowest BCUT2D eigenvalue weighted by Crippen LogP contribution is -2.47. The van der Waals surface area contributed by atoms with Gasteiger partial charge >= 0.3 is 0 Å². The van der Waals surface area contributed by atoms with Gasteiger partial charge in [0.2, 0.25) is 11.8 Å². The monoisotopic (exact) mass is 288 g/mol. The van der Waals surface area contributed by atoms with E-state index in [9.17, 15) is 9.59 Å². The molecule has 1 aromatic rings. The van der Waals surface area contributed by atoms with Crippen molar-refractivity contribution in [1.29, 1.82) is 0 Å². The van der Waals surface area contributed by atoms with Crippen LogP contribution < -0.4 is 10.6 Å². The summed E-state index contributed by atoms with van der Waals surface area (Å²) in [5.41, 5.74) is 3.02. The van der Waals surface area contributed by atoms with E-state index in [4.69, 9.17) is 0 Å². The second-order valence-electron chi connectivity index (χ2n) is 6.09. The molecule has 0 spiro atoms. The van der Waals surface area contributed by atoms with Crippen LogP contribution in [-0.4, -0.2) is 17.9 Å². The van der Waals surface area contributed by atoms with Gasteiger partial charge in [-0.25, -0.2) is 0 Å². The van der Waals surface area contributed by atoms with Gasteiger partial charge in [-0.2, -0.15) is 0 Å². The van der Waals surface area contributed by atoms with Crippen LogP contribution in [0.3, 0.4) is 0 Å². The molecule has 1 fully saturated rings. The van der Waals surface area contributed by atoms with E-state index in [0.29, 0.717) is 0 Å². The van der Waals surface area contributed by atoms with E-state index in [1.165, 1.54) is 6.92 Å². The first-order valence-electron chi connectivity index (χ1n) is 7.62. The average Bonchev–Trinajstić information content (AvgIpc) is 2.87. The van der Waals surface area contributed by atoms with Crippen LogP contribution in [0.1, 0.15) is 43.7 Å². The number of amides is 2. The zero-order valence-corrected chi connectivity index (χ0v) is 13.0. The zero-order valence-electron chi connectivity index (χ0n) is 13.0. The van der Waals surface area contributed by atoms with Gasteiger partial charge in [0.1, 0.15) is 6.04 Å². The molecule has 1 unspecified atom stereocenters. The SMILES string of the molecule is CC(=O)NC(C(=O)Nc1cc(C)cc(C)c1)C1CCCC1. The highest BCUT2D eigenvalue weighted by molar-refractivity contribution is 5.97. The molecule has 0 heterocycles. The van der Waals surface area contributed by atoms with Gasteiger partial charge in [0.15, 0.2) is 0 Å². The Morgan fingerprint density at radius 1 is 1.10 bits per heavy atom. The maximum atomic E-state index is 12.5. The van der Waals surface area contributed by atoms with Crippen molar-refractivity contribution in [2.45, 2.75) is 52.5 Å². The van der Waals surface area contributed by atoms with Crippen LogP contribution in [0.25, 0.3) is 0 Å². The molecule has 1 saturated carbocycles. The first-order valence-corrected chi connectivity index (χ1v) is 7.62. The molecule has 1 aromatic carbocycles. The van der Waals surface area contributed by atoms with Gasteiger partial charge in [-0.3, -0.25) is 9.59 Å². The summed E-state index contributed by atoms with van der Waals surface area (Å²) in [6, 6.07) is 5.54. The molecule has 1 aliphatic carbocycles. The Hall–Kier alpha value is -1.84. The number of anilines is 1. The highest BCUT2D eigenvalue weighted by Crippen LogP contribution is 2.28. The van der Waals surface area contributed by atoms with Crippen LogP contribution >= 0.6 is 0 Å². The molecule has 2 rings (SSSR count). The Morgan fingerprint density at radius 3 is 2.19 bits per heavy atom.